The van der Waals surface area contributed by atoms with Gasteiger partial charge in [-0.15, -0.1) is 0 Å². The number of hydrazine groups is 1. The van der Waals surface area contributed by atoms with Crippen LogP contribution in [0.5, 0.6) is 0 Å². The highest BCUT2D eigenvalue weighted by atomic mass is 16.2. The fourth-order valence-electron chi connectivity index (χ4n) is 3.08. The molecule has 2 unspecified atom stereocenters. The number of imide groups is 1. The van der Waals surface area contributed by atoms with Crippen LogP contribution in [0.1, 0.15) is 44.9 Å². The molecule has 1 saturated heterocycles. The Hall–Kier alpha value is -1.43. The first-order valence-corrected chi connectivity index (χ1v) is 7.00. The van der Waals surface area contributed by atoms with E-state index in [2.05, 4.69) is 5.43 Å². The monoisotopic (exact) mass is 267 g/mol. The van der Waals surface area contributed by atoms with Gasteiger partial charge in [0.1, 0.15) is 0 Å². The molecule has 0 aromatic heterocycles. The number of carbonyl (C=O) groups is 3. The van der Waals surface area contributed by atoms with E-state index in [0.29, 0.717) is 13.0 Å². The predicted molar refractivity (Wildman–Crippen MR) is 68.3 cm³/mol. The van der Waals surface area contributed by atoms with Crippen LogP contribution < -0.4 is 11.3 Å². The van der Waals surface area contributed by atoms with Gasteiger partial charge in [-0.3, -0.25) is 24.7 Å². The van der Waals surface area contributed by atoms with Gasteiger partial charge >= 0.3 is 0 Å². The summed E-state index contributed by atoms with van der Waals surface area (Å²) in [7, 11) is 0. The van der Waals surface area contributed by atoms with Crippen molar-refractivity contribution in [3.8, 4) is 0 Å². The number of hydrogen-bond acceptors (Lipinski definition) is 4. The van der Waals surface area contributed by atoms with E-state index in [1.54, 1.807) is 0 Å². The van der Waals surface area contributed by atoms with Crippen molar-refractivity contribution >= 4 is 17.7 Å². The second-order valence-corrected chi connectivity index (χ2v) is 5.35. The van der Waals surface area contributed by atoms with Crippen LogP contribution in [0.2, 0.25) is 0 Å². The summed E-state index contributed by atoms with van der Waals surface area (Å²) in [6.07, 6.45) is 5.42. The van der Waals surface area contributed by atoms with E-state index < -0.39 is 0 Å². The minimum atomic E-state index is -0.178. The molecule has 6 heteroatoms. The summed E-state index contributed by atoms with van der Waals surface area (Å²) in [5.41, 5.74) is 2.08. The Balaban J connectivity index is 1.70. The van der Waals surface area contributed by atoms with Gasteiger partial charge in [-0.1, -0.05) is 12.8 Å². The van der Waals surface area contributed by atoms with E-state index in [9.17, 15) is 14.4 Å². The minimum Gasteiger partial charge on any atom is -0.294 e. The molecular formula is C13H21N3O3. The standard InChI is InChI=1S/C13H21N3O3/c14-15-11(17)7-2-1-3-8-16-12(18)9-5-4-6-10(9)13(16)19/h9-10H,1-8,14H2,(H,15,17). The molecule has 6 nitrogen and oxygen atoms in total. The van der Waals surface area contributed by atoms with Gasteiger partial charge < -0.3 is 0 Å². The number of fused-ring (bicyclic) bond motifs is 1. The molecule has 3 N–H and O–H groups in total. The number of rotatable bonds is 6. The normalized spacial score (nSPS) is 25.8. The number of likely N-dealkylation sites (tertiary alicyclic amines) is 1. The van der Waals surface area contributed by atoms with Gasteiger partial charge in [0.05, 0.1) is 11.8 Å². The van der Waals surface area contributed by atoms with Crippen molar-refractivity contribution in [3.63, 3.8) is 0 Å². The highest BCUT2D eigenvalue weighted by Gasteiger charge is 2.49. The molecule has 0 bridgehead atoms. The van der Waals surface area contributed by atoms with E-state index in [1.165, 1.54) is 4.90 Å². The van der Waals surface area contributed by atoms with Gasteiger partial charge in [-0.05, 0) is 25.7 Å². The molecule has 2 aliphatic rings. The third kappa shape index (κ3) is 2.94. The highest BCUT2D eigenvalue weighted by molar-refractivity contribution is 6.05. The average Bonchev–Trinajstić information content (AvgIpc) is 2.97. The Morgan fingerprint density at radius 1 is 1.16 bits per heavy atom. The first-order chi connectivity index (χ1) is 9.15. The molecule has 2 fully saturated rings. The van der Waals surface area contributed by atoms with Gasteiger partial charge in [0.2, 0.25) is 17.7 Å². The molecule has 1 heterocycles. The Labute approximate surface area is 112 Å². The summed E-state index contributed by atoms with van der Waals surface area (Å²) in [5, 5.41) is 0. The summed E-state index contributed by atoms with van der Waals surface area (Å²) in [4.78, 5) is 36.4. The largest absolute Gasteiger partial charge is 0.294 e. The van der Waals surface area contributed by atoms with Crippen molar-refractivity contribution in [1.82, 2.24) is 10.3 Å². The van der Waals surface area contributed by atoms with Gasteiger partial charge in [0.25, 0.3) is 0 Å². The molecule has 0 aromatic carbocycles. The van der Waals surface area contributed by atoms with Crippen LogP contribution in [0.3, 0.4) is 0 Å². The number of nitrogens with zero attached hydrogens (tertiary/aromatic N) is 1. The molecule has 1 aliphatic carbocycles. The Kier molecular flexibility index (Phi) is 4.52. The quantitative estimate of drug-likeness (QED) is 0.238. The predicted octanol–water partition coefficient (Wildman–Crippen LogP) is 0.322. The number of hydrogen-bond donors (Lipinski definition) is 2. The Morgan fingerprint density at radius 2 is 1.79 bits per heavy atom. The minimum absolute atomic E-state index is 0.0206. The van der Waals surface area contributed by atoms with Crippen molar-refractivity contribution in [2.75, 3.05) is 6.54 Å². The van der Waals surface area contributed by atoms with Crippen LogP contribution in [-0.4, -0.2) is 29.2 Å². The topological polar surface area (TPSA) is 92.5 Å². The third-order valence-corrected chi connectivity index (χ3v) is 4.13. The van der Waals surface area contributed by atoms with Crippen LogP contribution in [-0.2, 0) is 14.4 Å². The van der Waals surface area contributed by atoms with E-state index in [1.807, 2.05) is 0 Å². The maximum absolute atomic E-state index is 12.0. The van der Waals surface area contributed by atoms with Crippen molar-refractivity contribution in [1.29, 1.82) is 0 Å². The van der Waals surface area contributed by atoms with Gasteiger partial charge in [-0.25, -0.2) is 5.84 Å². The van der Waals surface area contributed by atoms with E-state index >= 15 is 0 Å². The molecule has 1 aliphatic heterocycles. The maximum atomic E-state index is 12.0. The molecule has 19 heavy (non-hydrogen) atoms. The smallest absolute Gasteiger partial charge is 0.233 e. The Bertz CT molecular complexity index is 361. The fourth-order valence-corrected chi connectivity index (χ4v) is 3.08. The van der Waals surface area contributed by atoms with Crippen LogP contribution in [0, 0.1) is 11.8 Å². The van der Waals surface area contributed by atoms with Crippen LogP contribution in [0.15, 0.2) is 0 Å². The molecule has 3 amide bonds. The van der Waals surface area contributed by atoms with Crippen LogP contribution in [0.25, 0.3) is 0 Å². The van der Waals surface area contributed by atoms with Crippen molar-refractivity contribution in [3.05, 3.63) is 0 Å². The first-order valence-electron chi connectivity index (χ1n) is 7.00. The lowest BCUT2D eigenvalue weighted by atomic mass is 10.00. The van der Waals surface area contributed by atoms with Crippen molar-refractivity contribution < 1.29 is 14.4 Å². The summed E-state index contributed by atoms with van der Waals surface area (Å²) in [6, 6.07) is 0. The second-order valence-electron chi connectivity index (χ2n) is 5.35. The molecule has 0 aromatic rings. The van der Waals surface area contributed by atoms with Crippen LogP contribution in [0.4, 0.5) is 0 Å². The Morgan fingerprint density at radius 3 is 2.37 bits per heavy atom. The highest BCUT2D eigenvalue weighted by Crippen LogP contribution is 2.39. The van der Waals surface area contributed by atoms with Crippen LogP contribution >= 0.6 is 0 Å². The van der Waals surface area contributed by atoms with Crippen molar-refractivity contribution in [2.24, 2.45) is 17.7 Å². The lowest BCUT2D eigenvalue weighted by molar-refractivity contribution is -0.140. The zero-order chi connectivity index (χ0) is 13.8. The number of unbranched alkanes of at least 4 members (excludes halogenated alkanes) is 2. The summed E-state index contributed by atoms with van der Waals surface area (Å²) in [6.45, 7) is 0.495. The summed E-state index contributed by atoms with van der Waals surface area (Å²) < 4.78 is 0. The zero-order valence-corrected chi connectivity index (χ0v) is 11.1. The molecule has 0 radical (unpaired) electrons. The first kappa shape index (κ1) is 14.0. The molecule has 1 saturated carbocycles. The molecule has 0 spiro atoms. The van der Waals surface area contributed by atoms with Gasteiger partial charge in [-0.2, -0.15) is 0 Å². The summed E-state index contributed by atoms with van der Waals surface area (Å²) >= 11 is 0. The molecular weight excluding hydrogens is 246 g/mol. The SMILES string of the molecule is NNC(=O)CCCCCN1C(=O)C2CCCC2C1=O. The number of carbonyl (C=O) groups excluding carboxylic acids is 3. The molecule has 2 atom stereocenters. The maximum Gasteiger partial charge on any atom is 0.233 e. The van der Waals surface area contributed by atoms with E-state index in [0.717, 1.165) is 38.5 Å². The summed E-state index contributed by atoms with van der Waals surface area (Å²) in [5.74, 6) is 4.75. The third-order valence-electron chi connectivity index (χ3n) is 4.13. The number of amides is 3. The lowest BCUT2D eigenvalue weighted by Crippen LogP contribution is -2.32. The van der Waals surface area contributed by atoms with Gasteiger partial charge in [0.15, 0.2) is 0 Å². The van der Waals surface area contributed by atoms with Gasteiger partial charge in [0, 0.05) is 13.0 Å². The number of nitrogens with two attached hydrogens (primary N) is 1. The van der Waals surface area contributed by atoms with E-state index in [4.69, 9.17) is 5.84 Å². The zero-order valence-electron chi connectivity index (χ0n) is 11.1. The molecule has 2 rings (SSSR count). The fraction of sp³-hybridized carbons (Fsp3) is 0.769. The lowest BCUT2D eigenvalue weighted by Gasteiger charge is -2.15. The van der Waals surface area contributed by atoms with Crippen molar-refractivity contribution in [2.45, 2.75) is 44.9 Å². The number of nitrogens with one attached hydrogen (secondary N) is 1. The second kappa shape index (κ2) is 6.14. The average molecular weight is 267 g/mol. The molecule has 106 valence electrons. The van der Waals surface area contributed by atoms with E-state index in [-0.39, 0.29) is 29.6 Å².